The highest BCUT2D eigenvalue weighted by molar-refractivity contribution is 5.84. The molecule has 2 heterocycles. The van der Waals surface area contributed by atoms with Crippen LogP contribution in [0.3, 0.4) is 0 Å². The fourth-order valence-electron chi connectivity index (χ4n) is 4.07. The minimum Gasteiger partial charge on any atom is -0.360 e. The van der Waals surface area contributed by atoms with Gasteiger partial charge in [0.2, 0.25) is 5.91 Å². The molecule has 25 heavy (non-hydrogen) atoms. The Bertz CT molecular complexity index is 747. The SMILES string of the molecule is Cc1cc(CN2CCN(C(=O)[C@H]3CCCc4ccccc43)CC2)on1. The Labute approximate surface area is 148 Å². The molecule has 0 radical (unpaired) electrons. The maximum Gasteiger partial charge on any atom is 0.230 e. The van der Waals surface area contributed by atoms with Crippen molar-refractivity contribution in [1.82, 2.24) is 15.0 Å². The Hall–Kier alpha value is -2.14. The van der Waals surface area contributed by atoms with Crippen LogP contribution in [0.25, 0.3) is 0 Å². The molecule has 1 amide bonds. The predicted molar refractivity (Wildman–Crippen MR) is 95.2 cm³/mol. The number of hydrogen-bond donors (Lipinski definition) is 0. The molecule has 0 N–H and O–H groups in total. The monoisotopic (exact) mass is 339 g/mol. The summed E-state index contributed by atoms with van der Waals surface area (Å²) in [6, 6.07) is 10.4. The van der Waals surface area contributed by atoms with Crippen LogP contribution in [0.5, 0.6) is 0 Å². The molecule has 5 heteroatoms. The minimum atomic E-state index is 0.0495. The molecule has 1 aromatic heterocycles. The molecule has 0 saturated carbocycles. The Morgan fingerprint density at radius 1 is 1.24 bits per heavy atom. The number of benzene rings is 1. The van der Waals surface area contributed by atoms with Gasteiger partial charge in [-0.2, -0.15) is 0 Å². The molecule has 0 unspecified atom stereocenters. The van der Waals surface area contributed by atoms with Crippen molar-refractivity contribution in [3.63, 3.8) is 0 Å². The molecule has 1 saturated heterocycles. The lowest BCUT2D eigenvalue weighted by atomic mass is 9.82. The third-order valence-corrected chi connectivity index (χ3v) is 5.41. The Morgan fingerprint density at radius 3 is 2.80 bits per heavy atom. The van der Waals surface area contributed by atoms with Gasteiger partial charge >= 0.3 is 0 Å². The van der Waals surface area contributed by atoms with Gasteiger partial charge in [0.1, 0.15) is 0 Å². The molecule has 1 fully saturated rings. The van der Waals surface area contributed by atoms with E-state index < -0.39 is 0 Å². The van der Waals surface area contributed by atoms with E-state index in [1.54, 1.807) is 0 Å². The van der Waals surface area contributed by atoms with Gasteiger partial charge in [-0.05, 0) is 37.3 Å². The summed E-state index contributed by atoms with van der Waals surface area (Å²) >= 11 is 0. The number of carbonyl (C=O) groups is 1. The molecule has 1 aromatic carbocycles. The van der Waals surface area contributed by atoms with Crippen molar-refractivity contribution in [1.29, 1.82) is 0 Å². The van der Waals surface area contributed by atoms with Crippen molar-refractivity contribution in [2.75, 3.05) is 26.2 Å². The first-order valence-corrected chi connectivity index (χ1v) is 9.22. The highest BCUT2D eigenvalue weighted by Crippen LogP contribution is 2.33. The van der Waals surface area contributed by atoms with E-state index in [2.05, 4.69) is 39.2 Å². The predicted octanol–water partition coefficient (Wildman–Crippen LogP) is 2.75. The minimum absolute atomic E-state index is 0.0495. The number of aromatic nitrogens is 1. The van der Waals surface area contributed by atoms with Gasteiger partial charge < -0.3 is 9.42 Å². The van der Waals surface area contributed by atoms with Crippen LogP contribution >= 0.6 is 0 Å². The summed E-state index contributed by atoms with van der Waals surface area (Å²) in [6.45, 7) is 6.08. The number of nitrogens with zero attached hydrogens (tertiary/aromatic N) is 3. The highest BCUT2D eigenvalue weighted by atomic mass is 16.5. The average molecular weight is 339 g/mol. The summed E-state index contributed by atoms with van der Waals surface area (Å²) in [5.74, 6) is 1.26. The summed E-state index contributed by atoms with van der Waals surface area (Å²) in [4.78, 5) is 17.4. The molecule has 0 spiro atoms. The van der Waals surface area contributed by atoms with Crippen LogP contribution in [0.2, 0.25) is 0 Å². The van der Waals surface area contributed by atoms with Crippen LogP contribution in [0, 0.1) is 6.92 Å². The zero-order valence-electron chi connectivity index (χ0n) is 14.8. The Balaban J connectivity index is 1.37. The van der Waals surface area contributed by atoms with Gasteiger partial charge in [0.25, 0.3) is 0 Å². The number of piperazine rings is 1. The molecule has 0 bridgehead atoms. The molecule has 132 valence electrons. The van der Waals surface area contributed by atoms with Gasteiger partial charge in [-0.25, -0.2) is 0 Å². The summed E-state index contributed by atoms with van der Waals surface area (Å²) in [7, 11) is 0. The second-order valence-electron chi connectivity index (χ2n) is 7.18. The van der Waals surface area contributed by atoms with Crippen molar-refractivity contribution in [2.45, 2.75) is 38.6 Å². The van der Waals surface area contributed by atoms with E-state index in [0.29, 0.717) is 5.91 Å². The molecule has 5 nitrogen and oxygen atoms in total. The van der Waals surface area contributed by atoms with Gasteiger partial charge in [0.05, 0.1) is 18.2 Å². The molecule has 2 aliphatic rings. The lowest BCUT2D eigenvalue weighted by molar-refractivity contribution is -0.135. The van der Waals surface area contributed by atoms with E-state index in [1.165, 1.54) is 11.1 Å². The lowest BCUT2D eigenvalue weighted by Gasteiger charge is -2.37. The number of amides is 1. The summed E-state index contributed by atoms with van der Waals surface area (Å²) in [5, 5.41) is 3.94. The van der Waals surface area contributed by atoms with Gasteiger partial charge in [-0.1, -0.05) is 29.4 Å². The summed E-state index contributed by atoms with van der Waals surface area (Å²) < 4.78 is 5.30. The fourth-order valence-corrected chi connectivity index (χ4v) is 4.07. The normalized spacial score (nSPS) is 21.2. The number of carbonyl (C=O) groups excluding carboxylic acids is 1. The van der Waals surface area contributed by atoms with Crippen LogP contribution < -0.4 is 0 Å². The van der Waals surface area contributed by atoms with Crippen LogP contribution in [0.15, 0.2) is 34.9 Å². The number of rotatable bonds is 3. The first-order chi connectivity index (χ1) is 12.2. The molecule has 2 aromatic rings. The third-order valence-electron chi connectivity index (χ3n) is 5.41. The fraction of sp³-hybridized carbons (Fsp3) is 0.500. The zero-order valence-corrected chi connectivity index (χ0v) is 14.8. The zero-order chi connectivity index (χ0) is 17.2. The summed E-state index contributed by atoms with van der Waals surface area (Å²) in [6.07, 6.45) is 3.19. The standard InChI is InChI=1S/C20H25N3O2/c1-15-13-17(25-21-15)14-22-9-11-23(12-10-22)20(24)19-8-4-6-16-5-2-3-7-18(16)19/h2-3,5,7,13,19H,4,6,8-12,14H2,1H3/t19-/m0/s1. The second kappa shape index (κ2) is 7.00. The number of hydrogen-bond acceptors (Lipinski definition) is 4. The molecular formula is C20H25N3O2. The molecule has 1 aliphatic heterocycles. The van der Waals surface area contributed by atoms with Gasteiger partial charge in [0, 0.05) is 32.2 Å². The Morgan fingerprint density at radius 2 is 2.04 bits per heavy atom. The maximum absolute atomic E-state index is 13.1. The van der Waals surface area contributed by atoms with Crippen LogP contribution in [0.4, 0.5) is 0 Å². The molecule has 4 rings (SSSR count). The van der Waals surface area contributed by atoms with Crippen LogP contribution in [0.1, 0.15) is 41.3 Å². The van der Waals surface area contributed by atoms with Crippen molar-refractivity contribution < 1.29 is 9.32 Å². The van der Waals surface area contributed by atoms with Gasteiger partial charge in [0.15, 0.2) is 5.76 Å². The summed E-state index contributed by atoms with van der Waals surface area (Å²) in [5.41, 5.74) is 3.52. The lowest BCUT2D eigenvalue weighted by Crippen LogP contribution is -2.49. The van der Waals surface area contributed by atoms with E-state index in [-0.39, 0.29) is 5.92 Å². The number of aryl methyl sites for hydroxylation is 2. The highest BCUT2D eigenvalue weighted by Gasteiger charge is 2.31. The van der Waals surface area contributed by atoms with E-state index in [4.69, 9.17) is 4.52 Å². The van der Waals surface area contributed by atoms with Crippen molar-refractivity contribution in [3.05, 3.63) is 52.9 Å². The molecule has 1 atom stereocenters. The molecule has 1 aliphatic carbocycles. The van der Waals surface area contributed by atoms with E-state index in [9.17, 15) is 4.79 Å². The first kappa shape index (κ1) is 16.3. The quantitative estimate of drug-likeness (QED) is 0.863. The van der Waals surface area contributed by atoms with Crippen molar-refractivity contribution >= 4 is 5.91 Å². The van der Waals surface area contributed by atoms with Gasteiger partial charge in [-0.15, -0.1) is 0 Å². The maximum atomic E-state index is 13.1. The molecular weight excluding hydrogens is 314 g/mol. The van der Waals surface area contributed by atoms with Gasteiger partial charge in [-0.3, -0.25) is 9.69 Å². The Kier molecular flexibility index (Phi) is 4.57. The number of fused-ring (bicyclic) bond motifs is 1. The van der Waals surface area contributed by atoms with Crippen LogP contribution in [-0.2, 0) is 17.8 Å². The van der Waals surface area contributed by atoms with Crippen molar-refractivity contribution in [2.24, 2.45) is 0 Å². The smallest absolute Gasteiger partial charge is 0.230 e. The topological polar surface area (TPSA) is 49.6 Å². The van der Waals surface area contributed by atoms with E-state index >= 15 is 0 Å². The average Bonchev–Trinajstić information content (AvgIpc) is 3.06. The largest absolute Gasteiger partial charge is 0.360 e. The van der Waals surface area contributed by atoms with E-state index in [1.807, 2.05) is 13.0 Å². The van der Waals surface area contributed by atoms with Crippen molar-refractivity contribution in [3.8, 4) is 0 Å². The second-order valence-corrected chi connectivity index (χ2v) is 7.18. The van der Waals surface area contributed by atoms with E-state index in [0.717, 1.165) is 63.4 Å². The van der Waals surface area contributed by atoms with Crippen LogP contribution in [-0.4, -0.2) is 47.0 Å². The third kappa shape index (κ3) is 3.47. The first-order valence-electron chi connectivity index (χ1n) is 9.22.